The van der Waals surface area contributed by atoms with Crippen molar-refractivity contribution < 1.29 is 9.21 Å². The Morgan fingerprint density at radius 3 is 2.22 bits per heavy atom. The first-order valence-corrected chi connectivity index (χ1v) is 11.4. The van der Waals surface area contributed by atoms with Gasteiger partial charge in [-0.2, -0.15) is 0 Å². The molecule has 1 saturated heterocycles. The molecule has 0 saturated carbocycles. The molecular weight excluding hydrogens is 398 g/mol. The molecule has 2 aromatic heterocycles. The quantitative estimate of drug-likeness (QED) is 0.472. The van der Waals surface area contributed by atoms with Gasteiger partial charge in [-0.25, -0.2) is 0 Å². The Labute approximate surface area is 188 Å². The number of piperidine rings is 1. The second-order valence-electron chi connectivity index (χ2n) is 8.72. The highest BCUT2D eigenvalue weighted by Gasteiger charge is 2.24. The average molecular weight is 428 g/mol. The van der Waals surface area contributed by atoms with Gasteiger partial charge in [0.2, 0.25) is 0 Å². The first-order valence-electron chi connectivity index (χ1n) is 11.4. The summed E-state index contributed by atoms with van der Waals surface area (Å²) in [5, 5.41) is 3.28. The lowest BCUT2D eigenvalue weighted by atomic mass is 10.0. The van der Waals surface area contributed by atoms with E-state index >= 15 is 0 Å². The highest BCUT2D eigenvalue weighted by molar-refractivity contribution is 5.97. The van der Waals surface area contributed by atoms with Gasteiger partial charge < -0.3 is 14.3 Å². The third-order valence-electron chi connectivity index (χ3n) is 6.30. The van der Waals surface area contributed by atoms with Gasteiger partial charge in [0.25, 0.3) is 5.91 Å². The van der Waals surface area contributed by atoms with E-state index in [0.717, 1.165) is 54.9 Å². The minimum absolute atomic E-state index is 0.0218. The molecule has 1 aliphatic heterocycles. The van der Waals surface area contributed by atoms with Gasteiger partial charge in [0, 0.05) is 44.4 Å². The third kappa shape index (κ3) is 4.48. The highest BCUT2D eigenvalue weighted by Crippen LogP contribution is 2.25. The number of rotatable bonds is 6. The fraction of sp³-hybridized carbons (Fsp3) is 0.296. The number of carbonyl (C=O) groups is 1. The molecule has 0 radical (unpaired) electrons. The van der Waals surface area contributed by atoms with E-state index in [1.807, 2.05) is 37.3 Å². The monoisotopic (exact) mass is 427 g/mol. The smallest absolute Gasteiger partial charge is 0.268 e. The number of aromatic nitrogens is 1. The summed E-state index contributed by atoms with van der Waals surface area (Å²) >= 11 is 0. The molecule has 5 rings (SSSR count). The van der Waals surface area contributed by atoms with Crippen LogP contribution < -0.4 is 5.32 Å². The summed E-state index contributed by atoms with van der Waals surface area (Å²) in [6.45, 7) is 5.54. The molecule has 32 heavy (non-hydrogen) atoms. The fourth-order valence-electron chi connectivity index (χ4n) is 4.63. The maximum atomic E-state index is 13.3. The maximum absolute atomic E-state index is 13.3. The van der Waals surface area contributed by atoms with Gasteiger partial charge in [0.1, 0.15) is 11.5 Å². The number of aryl methyl sites for hydroxylation is 1. The van der Waals surface area contributed by atoms with Crippen molar-refractivity contribution in [2.45, 2.75) is 38.9 Å². The Morgan fingerprint density at radius 2 is 1.56 bits per heavy atom. The molecule has 4 aromatic rings. The van der Waals surface area contributed by atoms with E-state index in [2.05, 4.69) is 57.2 Å². The van der Waals surface area contributed by atoms with Crippen molar-refractivity contribution >= 4 is 17.0 Å². The van der Waals surface area contributed by atoms with Crippen molar-refractivity contribution in [3.63, 3.8) is 0 Å². The van der Waals surface area contributed by atoms with Crippen LogP contribution in [-0.4, -0.2) is 34.5 Å². The molecule has 2 aromatic carbocycles. The number of amides is 1. The van der Waals surface area contributed by atoms with E-state index in [1.54, 1.807) is 0 Å². The Balaban J connectivity index is 1.27. The normalized spacial score (nSPS) is 15.3. The number of hydrogen-bond donors (Lipinski definition) is 1. The molecule has 1 amide bonds. The fourth-order valence-corrected chi connectivity index (χ4v) is 4.63. The molecule has 1 N–H and O–H groups in total. The molecular formula is C27H29N3O2. The molecule has 0 unspecified atom stereocenters. The average Bonchev–Trinajstić information content (AvgIpc) is 3.33. The number of hydrogen-bond acceptors (Lipinski definition) is 3. The van der Waals surface area contributed by atoms with Crippen LogP contribution in [-0.2, 0) is 13.1 Å². The summed E-state index contributed by atoms with van der Waals surface area (Å²) in [5.74, 6) is 0.834. The molecule has 0 spiro atoms. The lowest BCUT2D eigenvalue weighted by Crippen LogP contribution is -2.44. The van der Waals surface area contributed by atoms with Crippen molar-refractivity contribution in [3.8, 4) is 0 Å². The molecule has 5 heteroatoms. The number of benzene rings is 2. The molecule has 5 nitrogen and oxygen atoms in total. The summed E-state index contributed by atoms with van der Waals surface area (Å²) in [5.41, 5.74) is 4.89. The van der Waals surface area contributed by atoms with Crippen LogP contribution in [0.4, 0.5) is 0 Å². The molecule has 0 aliphatic carbocycles. The lowest BCUT2D eigenvalue weighted by molar-refractivity contribution is 0.0900. The van der Waals surface area contributed by atoms with Crippen LogP contribution in [0.1, 0.15) is 40.2 Å². The summed E-state index contributed by atoms with van der Waals surface area (Å²) < 4.78 is 7.90. The maximum Gasteiger partial charge on any atom is 0.268 e. The zero-order chi connectivity index (χ0) is 21.9. The summed E-state index contributed by atoms with van der Waals surface area (Å²) in [6.07, 6.45) is 1.93. The standard InChI is InChI=1S/C27H29N3O2/c1-20-16-24-26(32-20)17-25(30(24)19-22-10-6-3-7-11-22)27(31)28-23-12-14-29(15-13-23)18-21-8-4-2-5-9-21/h2-11,16-17,23H,12-15,18-19H2,1H3,(H,28,31). The molecule has 0 bridgehead atoms. The van der Waals surface area contributed by atoms with Crippen LogP contribution in [0.5, 0.6) is 0 Å². The van der Waals surface area contributed by atoms with E-state index in [9.17, 15) is 4.79 Å². The molecule has 1 fully saturated rings. The Hall–Kier alpha value is -3.31. The Morgan fingerprint density at radius 1 is 0.938 bits per heavy atom. The topological polar surface area (TPSA) is 50.4 Å². The summed E-state index contributed by atoms with van der Waals surface area (Å²) in [4.78, 5) is 15.7. The second-order valence-corrected chi connectivity index (χ2v) is 8.72. The second kappa shape index (κ2) is 9.05. The van der Waals surface area contributed by atoms with Crippen LogP contribution in [0.2, 0.25) is 0 Å². The zero-order valence-corrected chi connectivity index (χ0v) is 18.5. The van der Waals surface area contributed by atoms with Gasteiger partial charge in [0.15, 0.2) is 5.58 Å². The number of likely N-dealkylation sites (tertiary alicyclic amines) is 1. The molecule has 1 aliphatic rings. The van der Waals surface area contributed by atoms with Gasteiger partial charge in [-0.05, 0) is 30.9 Å². The molecule has 3 heterocycles. The van der Waals surface area contributed by atoms with Crippen LogP contribution in [0.3, 0.4) is 0 Å². The van der Waals surface area contributed by atoms with E-state index in [4.69, 9.17) is 4.42 Å². The van der Waals surface area contributed by atoms with E-state index in [0.29, 0.717) is 12.2 Å². The largest absolute Gasteiger partial charge is 0.460 e. The van der Waals surface area contributed by atoms with Crippen LogP contribution >= 0.6 is 0 Å². The van der Waals surface area contributed by atoms with Crippen molar-refractivity contribution in [2.75, 3.05) is 13.1 Å². The van der Waals surface area contributed by atoms with Crippen molar-refractivity contribution in [2.24, 2.45) is 0 Å². The highest BCUT2D eigenvalue weighted by atomic mass is 16.3. The Bertz CT molecular complexity index is 1190. The first-order chi connectivity index (χ1) is 15.7. The number of nitrogens with one attached hydrogen (secondary N) is 1. The third-order valence-corrected chi connectivity index (χ3v) is 6.30. The molecule has 164 valence electrons. The SMILES string of the molecule is Cc1cc2c(cc(C(=O)NC3CCN(Cc4ccccc4)CC3)n2Cc2ccccc2)o1. The summed E-state index contributed by atoms with van der Waals surface area (Å²) in [7, 11) is 0. The van der Waals surface area contributed by atoms with Crippen molar-refractivity contribution in [3.05, 3.63) is 95.4 Å². The predicted molar refractivity (Wildman–Crippen MR) is 127 cm³/mol. The van der Waals surface area contributed by atoms with Crippen molar-refractivity contribution in [1.82, 2.24) is 14.8 Å². The minimum Gasteiger partial charge on any atom is -0.460 e. The predicted octanol–water partition coefficient (Wildman–Crippen LogP) is 4.99. The van der Waals surface area contributed by atoms with Crippen LogP contribution in [0.25, 0.3) is 11.1 Å². The van der Waals surface area contributed by atoms with E-state index in [1.165, 1.54) is 5.56 Å². The van der Waals surface area contributed by atoms with Gasteiger partial charge >= 0.3 is 0 Å². The number of carbonyl (C=O) groups excluding carboxylic acids is 1. The van der Waals surface area contributed by atoms with E-state index in [-0.39, 0.29) is 11.9 Å². The van der Waals surface area contributed by atoms with E-state index < -0.39 is 0 Å². The van der Waals surface area contributed by atoms with Crippen LogP contribution in [0, 0.1) is 6.92 Å². The minimum atomic E-state index is -0.0218. The summed E-state index contributed by atoms with van der Waals surface area (Å²) in [6, 6.07) is 24.9. The number of fused-ring (bicyclic) bond motifs is 1. The Kier molecular flexibility index (Phi) is 5.82. The van der Waals surface area contributed by atoms with Gasteiger partial charge in [-0.15, -0.1) is 0 Å². The first kappa shape index (κ1) is 20.6. The van der Waals surface area contributed by atoms with Gasteiger partial charge in [-0.3, -0.25) is 9.69 Å². The van der Waals surface area contributed by atoms with Gasteiger partial charge in [0.05, 0.1) is 5.52 Å². The number of furan rings is 1. The molecule has 0 atom stereocenters. The van der Waals surface area contributed by atoms with Crippen LogP contribution in [0.15, 0.2) is 77.2 Å². The van der Waals surface area contributed by atoms with Crippen molar-refractivity contribution in [1.29, 1.82) is 0 Å². The lowest BCUT2D eigenvalue weighted by Gasteiger charge is -2.32. The van der Waals surface area contributed by atoms with Gasteiger partial charge in [-0.1, -0.05) is 60.7 Å². The zero-order valence-electron chi connectivity index (χ0n) is 18.5. The number of nitrogens with zero attached hydrogens (tertiary/aromatic N) is 2.